The monoisotopic (exact) mass is 525 g/mol. The zero-order valence-corrected chi connectivity index (χ0v) is 19.7. The quantitative estimate of drug-likeness (QED) is 0.222. The largest absolute Gasteiger partial charge is 0.490 e. The Kier molecular flexibility index (Phi) is 6.91. The van der Waals surface area contributed by atoms with Gasteiger partial charge >= 0.3 is 11.9 Å². The van der Waals surface area contributed by atoms with Gasteiger partial charge in [-0.25, -0.2) is 14.6 Å². The molecule has 0 radical (unpaired) electrons. The molecule has 1 aliphatic rings. The van der Waals surface area contributed by atoms with Gasteiger partial charge in [0, 0.05) is 10.6 Å². The van der Waals surface area contributed by atoms with Gasteiger partial charge < -0.3 is 14.2 Å². The number of benzene rings is 3. The lowest BCUT2D eigenvalue weighted by Gasteiger charge is -2.13. The molecule has 0 saturated carbocycles. The number of hydrogen-bond acceptors (Lipinski definition) is 6. The van der Waals surface area contributed by atoms with Gasteiger partial charge in [-0.15, -0.1) is 0 Å². The van der Waals surface area contributed by atoms with E-state index in [0.29, 0.717) is 38.5 Å². The molecule has 33 heavy (non-hydrogen) atoms. The van der Waals surface area contributed by atoms with Crippen molar-refractivity contribution in [2.45, 2.75) is 6.92 Å². The second-order valence-electron chi connectivity index (χ2n) is 6.86. The van der Waals surface area contributed by atoms with E-state index in [0.717, 1.165) is 0 Å². The second-order valence-corrected chi connectivity index (χ2v) is 8.15. The van der Waals surface area contributed by atoms with Crippen LogP contribution >= 0.6 is 27.5 Å². The van der Waals surface area contributed by atoms with Crippen LogP contribution in [0.5, 0.6) is 11.5 Å². The highest BCUT2D eigenvalue weighted by molar-refractivity contribution is 9.10. The zero-order valence-electron chi connectivity index (χ0n) is 17.4. The minimum Gasteiger partial charge on any atom is -0.490 e. The topological polar surface area (TPSA) is 74.2 Å². The van der Waals surface area contributed by atoms with Crippen LogP contribution in [0.15, 0.2) is 81.9 Å². The van der Waals surface area contributed by atoms with Crippen LogP contribution < -0.4 is 9.47 Å². The van der Waals surface area contributed by atoms with Gasteiger partial charge in [-0.2, -0.15) is 0 Å². The molecule has 0 atom stereocenters. The molecule has 0 aliphatic carbocycles. The summed E-state index contributed by atoms with van der Waals surface area (Å²) in [6.45, 7) is 2.16. The summed E-state index contributed by atoms with van der Waals surface area (Å²) in [5.41, 5.74) is 1.81. The number of ether oxygens (including phenoxy) is 3. The van der Waals surface area contributed by atoms with Crippen molar-refractivity contribution >= 4 is 51.4 Å². The molecule has 0 fully saturated rings. The van der Waals surface area contributed by atoms with E-state index in [1.54, 1.807) is 42.5 Å². The number of rotatable bonds is 6. The minimum absolute atomic E-state index is 0.147. The summed E-state index contributed by atoms with van der Waals surface area (Å²) in [5, 5.41) is 0.517. The number of cyclic esters (lactones) is 1. The molecular weight excluding hydrogens is 510 g/mol. The molecular formula is C25H17BrClNO5. The fourth-order valence-corrected chi connectivity index (χ4v) is 3.71. The molecule has 3 aromatic carbocycles. The van der Waals surface area contributed by atoms with E-state index in [2.05, 4.69) is 20.9 Å². The van der Waals surface area contributed by atoms with Gasteiger partial charge in [0.2, 0.25) is 5.90 Å². The van der Waals surface area contributed by atoms with E-state index < -0.39 is 11.9 Å². The highest BCUT2D eigenvalue weighted by Gasteiger charge is 2.24. The van der Waals surface area contributed by atoms with E-state index in [9.17, 15) is 9.59 Å². The molecule has 0 saturated heterocycles. The van der Waals surface area contributed by atoms with Crippen molar-refractivity contribution in [1.82, 2.24) is 0 Å². The van der Waals surface area contributed by atoms with Crippen LogP contribution in [-0.4, -0.2) is 24.4 Å². The number of carbonyl (C=O) groups excluding carboxylic acids is 2. The average molecular weight is 527 g/mol. The molecule has 0 amide bonds. The van der Waals surface area contributed by atoms with Crippen LogP contribution in [0.3, 0.4) is 0 Å². The van der Waals surface area contributed by atoms with E-state index in [1.807, 2.05) is 37.3 Å². The van der Waals surface area contributed by atoms with Crippen LogP contribution in [0.25, 0.3) is 6.08 Å². The van der Waals surface area contributed by atoms with Crippen molar-refractivity contribution in [2.75, 3.05) is 6.61 Å². The van der Waals surface area contributed by atoms with Gasteiger partial charge in [-0.1, -0.05) is 29.8 Å². The Bertz CT molecular complexity index is 1270. The lowest BCUT2D eigenvalue weighted by Crippen LogP contribution is -2.10. The molecule has 0 spiro atoms. The van der Waals surface area contributed by atoms with Crippen LogP contribution in [0.4, 0.5) is 0 Å². The number of hydrogen-bond donors (Lipinski definition) is 0. The van der Waals surface area contributed by atoms with Crippen LogP contribution in [-0.2, 0) is 9.53 Å². The maximum atomic E-state index is 12.6. The lowest BCUT2D eigenvalue weighted by molar-refractivity contribution is -0.129. The molecule has 3 aromatic rings. The summed E-state index contributed by atoms with van der Waals surface area (Å²) in [4.78, 5) is 29.2. The highest BCUT2D eigenvalue weighted by atomic mass is 79.9. The molecule has 0 N–H and O–H groups in total. The lowest BCUT2D eigenvalue weighted by atomic mass is 10.1. The van der Waals surface area contributed by atoms with E-state index in [4.69, 9.17) is 25.8 Å². The molecule has 166 valence electrons. The first kappa shape index (κ1) is 22.8. The summed E-state index contributed by atoms with van der Waals surface area (Å²) < 4.78 is 17.0. The minimum atomic E-state index is -0.559. The van der Waals surface area contributed by atoms with Gasteiger partial charge in [-0.05, 0) is 83.0 Å². The Morgan fingerprint density at radius 2 is 1.85 bits per heavy atom. The fourth-order valence-electron chi connectivity index (χ4n) is 3.04. The summed E-state index contributed by atoms with van der Waals surface area (Å²) >= 11 is 9.32. The van der Waals surface area contributed by atoms with Crippen molar-refractivity contribution in [3.63, 3.8) is 0 Å². The number of halogens is 2. The molecule has 4 rings (SSSR count). The molecule has 0 bridgehead atoms. The molecule has 1 aliphatic heterocycles. The third kappa shape index (κ3) is 5.32. The van der Waals surface area contributed by atoms with Crippen LogP contribution in [0.2, 0.25) is 5.02 Å². The number of carbonyl (C=O) groups is 2. The smallest absolute Gasteiger partial charge is 0.363 e. The highest BCUT2D eigenvalue weighted by Crippen LogP contribution is 2.38. The van der Waals surface area contributed by atoms with Crippen molar-refractivity contribution in [3.05, 3.63) is 98.6 Å². The summed E-state index contributed by atoms with van der Waals surface area (Å²) in [7, 11) is 0. The summed E-state index contributed by atoms with van der Waals surface area (Å²) in [5.74, 6) is -0.317. The Labute approximate surface area is 203 Å². The fraction of sp³-hybridized carbons (Fsp3) is 0.0800. The zero-order chi connectivity index (χ0) is 23.4. The van der Waals surface area contributed by atoms with Gasteiger partial charge in [0.25, 0.3) is 0 Å². The molecule has 0 unspecified atom stereocenters. The van der Waals surface area contributed by atoms with Crippen molar-refractivity contribution in [3.8, 4) is 11.5 Å². The maximum Gasteiger partial charge on any atom is 0.363 e. The van der Waals surface area contributed by atoms with Crippen molar-refractivity contribution in [2.24, 2.45) is 4.99 Å². The first-order chi connectivity index (χ1) is 15.9. The van der Waals surface area contributed by atoms with Crippen LogP contribution in [0, 0.1) is 0 Å². The van der Waals surface area contributed by atoms with Gasteiger partial charge in [0.1, 0.15) is 0 Å². The van der Waals surface area contributed by atoms with Crippen molar-refractivity contribution in [1.29, 1.82) is 0 Å². The predicted molar refractivity (Wildman–Crippen MR) is 129 cm³/mol. The first-order valence-electron chi connectivity index (χ1n) is 9.96. The molecule has 0 aromatic heterocycles. The SMILES string of the molecule is CCOc1cc(/C=C2\N=C(c3ccccc3)OC2=O)cc(Br)c1OC(=O)c1ccc(Cl)cc1. The summed E-state index contributed by atoms with van der Waals surface area (Å²) in [6, 6.07) is 18.9. The average Bonchev–Trinajstić information content (AvgIpc) is 3.17. The van der Waals surface area contributed by atoms with E-state index in [1.165, 1.54) is 0 Å². The Morgan fingerprint density at radius 1 is 1.12 bits per heavy atom. The molecule has 1 heterocycles. The third-order valence-electron chi connectivity index (χ3n) is 4.55. The van der Waals surface area contributed by atoms with E-state index >= 15 is 0 Å². The molecule has 8 heteroatoms. The normalized spacial score (nSPS) is 14.1. The second kappa shape index (κ2) is 10.0. The maximum absolute atomic E-state index is 12.6. The van der Waals surface area contributed by atoms with Gasteiger partial charge in [0.15, 0.2) is 17.2 Å². The van der Waals surface area contributed by atoms with Gasteiger partial charge in [0.05, 0.1) is 16.6 Å². The van der Waals surface area contributed by atoms with Crippen molar-refractivity contribution < 1.29 is 23.8 Å². The number of esters is 2. The third-order valence-corrected chi connectivity index (χ3v) is 5.39. The number of nitrogens with zero attached hydrogens (tertiary/aromatic N) is 1. The molecule has 6 nitrogen and oxygen atoms in total. The van der Waals surface area contributed by atoms with E-state index in [-0.39, 0.29) is 17.3 Å². The van der Waals surface area contributed by atoms with Crippen LogP contribution in [0.1, 0.15) is 28.4 Å². The Hall–Kier alpha value is -3.42. The predicted octanol–water partition coefficient (Wildman–Crippen LogP) is 6.06. The number of aliphatic imine (C=N–C) groups is 1. The standard InChI is InChI=1S/C25H17BrClNO5/c1-2-31-21-14-15(13-20-25(30)33-23(28-20)16-6-4-3-5-7-16)12-19(26)22(21)32-24(29)17-8-10-18(27)11-9-17/h3-14H,2H2,1H3/b20-13-. The summed E-state index contributed by atoms with van der Waals surface area (Å²) in [6.07, 6.45) is 1.58. The first-order valence-corrected chi connectivity index (χ1v) is 11.1. The van der Waals surface area contributed by atoms with Gasteiger partial charge in [-0.3, -0.25) is 0 Å². The Balaban J connectivity index is 1.64. The Morgan fingerprint density at radius 3 is 2.55 bits per heavy atom.